The molecule has 91 heavy (non-hydrogen) atoms. The topological polar surface area (TPSA) is 252 Å². The molecule has 0 atom stereocenters. The third kappa shape index (κ3) is 15.3. The quantitative estimate of drug-likeness (QED) is 0.0504. The smallest absolute Gasteiger partial charge is 0.255 e. The molecule has 9 N–H and O–H groups in total. The molecule has 7 aromatic carbocycles. The summed E-state index contributed by atoms with van der Waals surface area (Å²) in [6, 6.07) is 50.9. The van der Waals surface area contributed by atoms with Gasteiger partial charge in [-0.2, -0.15) is 0 Å². The number of hydrogen-bond acceptors (Lipinski definition) is 11. The van der Waals surface area contributed by atoms with Gasteiger partial charge in [-0.15, -0.1) is 11.3 Å². The van der Waals surface area contributed by atoms with E-state index < -0.39 is 10.8 Å². The minimum absolute atomic E-state index is 0.00472. The minimum atomic E-state index is -0.447. The number of ketones is 5. The fraction of sp³-hybridized carbons (Fsp3) is 0.240. The van der Waals surface area contributed by atoms with Crippen molar-refractivity contribution < 1.29 is 33.5 Å². The molecule has 0 fully saturated rings. The number of amides is 1. The number of rotatable bonds is 10. The Hall–Kier alpha value is -10.2. The van der Waals surface area contributed by atoms with E-state index in [1.807, 2.05) is 204 Å². The lowest BCUT2D eigenvalue weighted by molar-refractivity contribution is 0.0849. The van der Waals surface area contributed by atoms with Crippen molar-refractivity contribution in [2.24, 2.45) is 21.7 Å². The molecule has 5 aromatic heterocycles. The second kappa shape index (κ2) is 25.7. The number of anilines is 3. The number of thiazole rings is 1. The summed E-state index contributed by atoms with van der Waals surface area (Å²) >= 11 is 1.59. The van der Waals surface area contributed by atoms with E-state index in [1.54, 1.807) is 54.8 Å². The van der Waals surface area contributed by atoms with E-state index >= 15 is 0 Å². The van der Waals surface area contributed by atoms with Crippen LogP contribution in [0, 0.1) is 21.7 Å². The third-order valence-corrected chi connectivity index (χ3v) is 16.2. The number of benzene rings is 7. The Labute approximate surface area is 533 Å². The van der Waals surface area contributed by atoms with Gasteiger partial charge in [-0.05, 0) is 151 Å². The first-order valence-electron chi connectivity index (χ1n) is 29.9. The van der Waals surface area contributed by atoms with Crippen LogP contribution < -0.4 is 21.5 Å². The Bertz CT molecular complexity index is 4720. The van der Waals surface area contributed by atoms with Gasteiger partial charge in [-0.1, -0.05) is 101 Å². The van der Waals surface area contributed by atoms with Crippen molar-refractivity contribution in [1.82, 2.24) is 24.9 Å². The first-order valence-corrected chi connectivity index (χ1v) is 30.7. The molecule has 5 heterocycles. The van der Waals surface area contributed by atoms with Gasteiger partial charge in [-0.25, -0.2) is 4.98 Å². The molecule has 0 aliphatic carbocycles. The van der Waals surface area contributed by atoms with E-state index in [0.29, 0.717) is 33.9 Å². The number of Topliss-reactive ketones (excluding diaryl/α,β-unsaturated/α-hetero) is 5. The van der Waals surface area contributed by atoms with Crippen molar-refractivity contribution in [3.63, 3.8) is 0 Å². The molecule has 12 aromatic rings. The molecule has 0 aliphatic rings. The van der Waals surface area contributed by atoms with Crippen LogP contribution in [0.1, 0.15) is 152 Å². The van der Waals surface area contributed by atoms with Gasteiger partial charge >= 0.3 is 0 Å². The van der Waals surface area contributed by atoms with Gasteiger partial charge in [0.05, 0.1) is 28.7 Å². The Morgan fingerprint density at radius 2 is 1.01 bits per heavy atom. The number of nitrogen functional groups attached to an aromatic ring is 2. The second-order valence-electron chi connectivity index (χ2n) is 26.8. The summed E-state index contributed by atoms with van der Waals surface area (Å²) in [5.41, 5.74) is 23.3. The highest BCUT2D eigenvalue weighted by molar-refractivity contribution is 7.21. The number of carbonyl (C=O) groups excluding carboxylic acids is 6. The Morgan fingerprint density at radius 1 is 0.462 bits per heavy atom. The van der Waals surface area contributed by atoms with Crippen LogP contribution in [-0.4, -0.2) is 66.9 Å². The molecule has 0 aliphatic heterocycles. The molecule has 1 amide bonds. The number of carbonyl (C=O) groups is 6. The van der Waals surface area contributed by atoms with Crippen molar-refractivity contribution in [3.05, 3.63) is 197 Å². The van der Waals surface area contributed by atoms with Crippen LogP contribution in [-0.2, 0) is 0 Å². The summed E-state index contributed by atoms with van der Waals surface area (Å²) in [7, 11) is 1.66. The lowest BCUT2D eigenvalue weighted by Crippen LogP contribution is -2.20. The highest BCUT2D eigenvalue weighted by Gasteiger charge is 2.27. The molecule has 0 spiro atoms. The number of nitrogens with zero attached hydrogens (tertiary/aromatic N) is 1. The van der Waals surface area contributed by atoms with Crippen LogP contribution in [0.5, 0.6) is 5.75 Å². The maximum Gasteiger partial charge on any atom is 0.255 e. The molecular formula is C75H78N8O7S. The highest BCUT2D eigenvalue weighted by Crippen LogP contribution is 2.35. The predicted molar refractivity (Wildman–Crippen MR) is 372 cm³/mol. The van der Waals surface area contributed by atoms with E-state index in [2.05, 4.69) is 36.3 Å². The Morgan fingerprint density at radius 3 is 1.60 bits per heavy atom. The average Bonchev–Trinajstić information content (AvgIpc) is 1.64. The molecule has 0 radical (unpaired) electrons. The van der Waals surface area contributed by atoms with Crippen LogP contribution in [0.2, 0.25) is 0 Å². The van der Waals surface area contributed by atoms with Crippen LogP contribution in [0.3, 0.4) is 0 Å². The molecule has 0 bridgehead atoms. The van der Waals surface area contributed by atoms with E-state index in [-0.39, 0.29) is 45.7 Å². The van der Waals surface area contributed by atoms with Crippen molar-refractivity contribution in [2.75, 3.05) is 23.9 Å². The third-order valence-electron chi connectivity index (χ3n) is 15.1. The molecule has 0 saturated heterocycles. The van der Waals surface area contributed by atoms with Crippen LogP contribution in [0.15, 0.2) is 164 Å². The number of nitrogens with one attached hydrogen (secondary N) is 5. The number of hydrogen-bond donors (Lipinski definition) is 7. The first kappa shape index (κ1) is 65.3. The molecule has 15 nitrogen and oxygen atoms in total. The predicted octanol–water partition coefficient (Wildman–Crippen LogP) is 18.2. The lowest BCUT2D eigenvalue weighted by atomic mass is 9.86. The zero-order chi connectivity index (χ0) is 66.1. The molecular weight excluding hydrogens is 1160 g/mol. The number of aromatic amines is 4. The van der Waals surface area contributed by atoms with Crippen molar-refractivity contribution in [3.8, 4) is 27.6 Å². The maximum atomic E-state index is 12.5. The van der Waals surface area contributed by atoms with Gasteiger partial charge in [0.2, 0.25) is 0 Å². The second-order valence-corrected chi connectivity index (χ2v) is 27.9. The number of aromatic nitrogens is 5. The van der Waals surface area contributed by atoms with E-state index in [0.717, 1.165) is 98.4 Å². The Kier molecular flexibility index (Phi) is 18.4. The average molecular weight is 1240 g/mol. The summed E-state index contributed by atoms with van der Waals surface area (Å²) in [6.07, 6.45) is 0. The van der Waals surface area contributed by atoms with Gasteiger partial charge < -0.3 is 41.5 Å². The fourth-order valence-corrected chi connectivity index (χ4v) is 11.0. The largest absolute Gasteiger partial charge is 0.497 e. The first-order chi connectivity index (χ1) is 42.7. The van der Waals surface area contributed by atoms with E-state index in [4.69, 9.17) is 16.2 Å². The van der Waals surface area contributed by atoms with E-state index in [1.165, 1.54) is 6.92 Å². The van der Waals surface area contributed by atoms with Gasteiger partial charge in [0.15, 0.2) is 28.9 Å². The fourth-order valence-electron chi connectivity index (χ4n) is 10.00. The van der Waals surface area contributed by atoms with Gasteiger partial charge in [0, 0.05) is 117 Å². The monoisotopic (exact) mass is 1230 g/mol. The summed E-state index contributed by atoms with van der Waals surface area (Å²) < 4.78 is 6.22. The zero-order valence-corrected chi connectivity index (χ0v) is 54.8. The van der Waals surface area contributed by atoms with Crippen LogP contribution >= 0.6 is 11.3 Å². The van der Waals surface area contributed by atoms with E-state index in [9.17, 15) is 28.8 Å². The van der Waals surface area contributed by atoms with Gasteiger partial charge in [0.1, 0.15) is 16.4 Å². The zero-order valence-electron chi connectivity index (χ0n) is 54.0. The molecule has 0 unspecified atom stereocenters. The molecule has 12 rings (SSSR count). The normalized spacial score (nSPS) is 11.8. The number of ether oxygens (including phenoxy) is 1. The molecule has 466 valence electrons. The number of fused-ring (bicyclic) bond motifs is 6. The molecule has 16 heteroatoms. The van der Waals surface area contributed by atoms with Crippen LogP contribution in [0.25, 0.3) is 75.8 Å². The summed E-state index contributed by atoms with van der Waals surface area (Å²) in [4.78, 5) is 90.7. The van der Waals surface area contributed by atoms with Gasteiger partial charge in [-0.3, -0.25) is 28.8 Å². The van der Waals surface area contributed by atoms with Crippen molar-refractivity contribution in [1.29, 1.82) is 0 Å². The van der Waals surface area contributed by atoms with Crippen molar-refractivity contribution in [2.45, 2.75) is 90.0 Å². The van der Waals surface area contributed by atoms with Gasteiger partial charge in [0.25, 0.3) is 5.91 Å². The number of methoxy groups -OCH3 is 1. The summed E-state index contributed by atoms with van der Waals surface area (Å²) in [5, 5.41) is 7.78. The SMILES string of the molecule is CC(=O)c1cc2cc(C(=O)C(C)(C)C)ccc2[nH]1.CC(C)(C)C(=O)c1cc2c([nH]1)[nH]c1cc(NC(=O)c3ccc(N)cc3)ccc12.CC(C)(C)C(=O)c1ccc2nc(-c3ccc(N)cc3)sc2c1.COc1ccc(-c2cc3ccc(C(=O)C(C)(C)C)cc3[nH]2)cc1. The summed E-state index contributed by atoms with van der Waals surface area (Å²) in [6.45, 7) is 24.6. The summed E-state index contributed by atoms with van der Waals surface area (Å²) in [5.74, 6) is 1.11. The number of nitrogens with two attached hydrogens (primary N) is 2. The maximum absolute atomic E-state index is 12.5. The highest BCUT2D eigenvalue weighted by atomic mass is 32.1. The Balaban J connectivity index is 0.000000145. The lowest BCUT2D eigenvalue weighted by Gasteiger charge is -2.16. The minimum Gasteiger partial charge on any atom is -0.497 e. The standard InChI is InChI=1S/C22H22N4O2.C20H21NO2.C18H18N2OS.C15H17NO2/c1-22(2,3)19(27)18-11-16-15-9-8-14(10-17(15)25-20(16)26-18)24-21(28)12-4-6-13(23)7-5-12;1-20(2,3)19(22)15-6-5-14-11-17(21-18(14)12-15)13-7-9-16(23-4)10-8-13;1-18(2,3)16(21)12-6-9-14-15(10-12)22-17(20-14)11-4-7-13(19)8-5-11;1-9(17)13-8-11-7-10(5-6-12(11)16-13)14(18)15(2,3)4/h4-11,25-26H,23H2,1-3H3,(H,24,28);5-12,21H,1-4H3;4-10H,19H2,1-3H3;5-8,16H,1-4H3. The van der Waals surface area contributed by atoms with Crippen molar-refractivity contribution >= 4 is 117 Å². The van der Waals surface area contributed by atoms with Crippen LogP contribution in [0.4, 0.5) is 17.1 Å². The molecule has 0 saturated carbocycles. The number of H-pyrrole nitrogens is 4.